The van der Waals surface area contributed by atoms with Crippen LogP contribution in [0.25, 0.3) is 0 Å². The van der Waals surface area contributed by atoms with E-state index in [4.69, 9.17) is 5.73 Å². The fraction of sp³-hybridized carbons (Fsp3) is 1.00. The van der Waals surface area contributed by atoms with Gasteiger partial charge in [0.1, 0.15) is 0 Å². The first-order chi connectivity index (χ1) is 6.47. The minimum Gasteiger partial charge on any atom is -0.329 e. The number of hydrogen-bond acceptors (Lipinski definition) is 3. The predicted octanol–water partition coefficient (Wildman–Crippen LogP) is 0.395. The molecule has 0 unspecified atom stereocenters. The van der Waals surface area contributed by atoms with Crippen molar-refractivity contribution in [3.63, 3.8) is 0 Å². The zero-order valence-electron chi connectivity index (χ0n) is 8.94. The van der Waals surface area contributed by atoms with Crippen molar-refractivity contribution in [1.29, 1.82) is 0 Å². The Morgan fingerprint density at radius 1 is 1.43 bits per heavy atom. The van der Waals surface area contributed by atoms with Gasteiger partial charge in [0.05, 0.1) is 5.75 Å². The molecule has 1 saturated carbocycles. The zero-order chi connectivity index (χ0) is 10.8. The Labute approximate surface area is 86.5 Å². The van der Waals surface area contributed by atoms with Crippen molar-refractivity contribution >= 4 is 10.0 Å². The highest BCUT2D eigenvalue weighted by Crippen LogP contribution is 2.29. The summed E-state index contributed by atoms with van der Waals surface area (Å²) in [5.74, 6) is 0.419. The van der Waals surface area contributed by atoms with Gasteiger partial charge in [0.2, 0.25) is 10.0 Å². The molecule has 0 bridgehead atoms. The molecule has 0 aromatic heterocycles. The second kappa shape index (κ2) is 4.59. The van der Waals surface area contributed by atoms with E-state index in [2.05, 4.69) is 0 Å². The standard InChI is InChI=1S/C9H20N2O2S/c1-8(2)7-14(12,13)11(6-5-10)9-3-4-9/h8-9H,3-7,10H2,1-2H3. The van der Waals surface area contributed by atoms with Crippen molar-refractivity contribution in [2.24, 2.45) is 11.7 Å². The summed E-state index contributed by atoms with van der Waals surface area (Å²) >= 11 is 0. The monoisotopic (exact) mass is 220 g/mol. The van der Waals surface area contributed by atoms with Crippen LogP contribution in [0, 0.1) is 5.92 Å². The quantitative estimate of drug-likeness (QED) is 0.704. The Morgan fingerprint density at radius 2 is 2.00 bits per heavy atom. The number of hydrogen-bond donors (Lipinski definition) is 1. The van der Waals surface area contributed by atoms with Crippen molar-refractivity contribution < 1.29 is 8.42 Å². The van der Waals surface area contributed by atoms with E-state index < -0.39 is 10.0 Å². The lowest BCUT2D eigenvalue weighted by Gasteiger charge is -2.22. The SMILES string of the molecule is CC(C)CS(=O)(=O)N(CCN)C1CC1. The lowest BCUT2D eigenvalue weighted by atomic mass is 10.3. The Kier molecular flexibility index (Phi) is 3.92. The lowest BCUT2D eigenvalue weighted by molar-refractivity contribution is 0.407. The van der Waals surface area contributed by atoms with Gasteiger partial charge in [0.15, 0.2) is 0 Å². The second-order valence-corrected chi connectivity index (χ2v) is 6.27. The van der Waals surface area contributed by atoms with Crippen LogP contribution in [-0.4, -0.2) is 37.6 Å². The van der Waals surface area contributed by atoms with Gasteiger partial charge in [-0.2, -0.15) is 4.31 Å². The third-order valence-corrected chi connectivity index (χ3v) is 4.49. The third kappa shape index (κ3) is 3.22. The minimum absolute atomic E-state index is 0.180. The molecule has 0 aromatic rings. The fourth-order valence-corrected chi connectivity index (χ4v) is 3.64. The molecule has 0 amide bonds. The first kappa shape index (κ1) is 11.9. The summed E-state index contributed by atoms with van der Waals surface area (Å²) < 4.78 is 25.4. The van der Waals surface area contributed by atoms with Crippen LogP contribution in [0.2, 0.25) is 0 Å². The van der Waals surface area contributed by atoms with E-state index in [0.717, 1.165) is 12.8 Å². The summed E-state index contributed by atoms with van der Waals surface area (Å²) in [6, 6.07) is 0.238. The van der Waals surface area contributed by atoms with Crippen LogP contribution in [-0.2, 0) is 10.0 Å². The van der Waals surface area contributed by atoms with E-state index >= 15 is 0 Å². The Morgan fingerprint density at radius 3 is 2.36 bits per heavy atom. The molecular weight excluding hydrogens is 200 g/mol. The molecular formula is C9H20N2O2S. The largest absolute Gasteiger partial charge is 0.329 e. The summed E-state index contributed by atoms with van der Waals surface area (Å²) in [5, 5.41) is 0. The normalized spacial score (nSPS) is 18.1. The molecule has 0 aliphatic heterocycles. The fourth-order valence-electron chi connectivity index (χ4n) is 1.56. The molecule has 1 fully saturated rings. The molecule has 2 N–H and O–H groups in total. The van der Waals surface area contributed by atoms with Crippen LogP contribution in [0.5, 0.6) is 0 Å². The molecule has 1 aliphatic carbocycles. The van der Waals surface area contributed by atoms with Gasteiger partial charge in [0.25, 0.3) is 0 Å². The highest BCUT2D eigenvalue weighted by Gasteiger charge is 2.36. The maximum Gasteiger partial charge on any atom is 0.214 e. The molecule has 0 atom stereocenters. The number of sulfonamides is 1. The van der Waals surface area contributed by atoms with Crippen LogP contribution in [0.1, 0.15) is 26.7 Å². The Bertz CT molecular complexity index is 271. The summed E-state index contributed by atoms with van der Waals surface area (Å²) in [5.41, 5.74) is 5.42. The molecule has 14 heavy (non-hydrogen) atoms. The molecule has 0 spiro atoms. The first-order valence-electron chi connectivity index (χ1n) is 5.17. The summed E-state index contributed by atoms with van der Waals surface area (Å²) in [6.45, 7) is 4.73. The number of rotatable bonds is 6. The van der Waals surface area contributed by atoms with Crippen LogP contribution in [0.3, 0.4) is 0 Å². The van der Waals surface area contributed by atoms with Crippen LogP contribution in [0.4, 0.5) is 0 Å². The van der Waals surface area contributed by atoms with Gasteiger partial charge in [-0.15, -0.1) is 0 Å². The van der Waals surface area contributed by atoms with E-state index in [1.165, 1.54) is 0 Å². The molecule has 0 heterocycles. The second-order valence-electron chi connectivity index (χ2n) is 4.30. The van der Waals surface area contributed by atoms with Crippen molar-refractivity contribution in [1.82, 2.24) is 4.31 Å². The van der Waals surface area contributed by atoms with Crippen LogP contribution >= 0.6 is 0 Å². The molecule has 0 saturated heterocycles. The molecule has 1 rings (SSSR count). The zero-order valence-corrected chi connectivity index (χ0v) is 9.76. The Balaban J connectivity index is 2.65. The van der Waals surface area contributed by atoms with Crippen LogP contribution < -0.4 is 5.73 Å². The smallest absolute Gasteiger partial charge is 0.214 e. The van der Waals surface area contributed by atoms with Gasteiger partial charge in [-0.25, -0.2) is 8.42 Å². The lowest BCUT2D eigenvalue weighted by Crippen LogP contribution is -2.39. The number of nitrogens with zero attached hydrogens (tertiary/aromatic N) is 1. The molecule has 0 aromatic carbocycles. The van der Waals surface area contributed by atoms with E-state index in [1.54, 1.807) is 4.31 Å². The molecule has 1 aliphatic rings. The first-order valence-corrected chi connectivity index (χ1v) is 6.78. The van der Waals surface area contributed by atoms with Crippen molar-refractivity contribution in [3.05, 3.63) is 0 Å². The van der Waals surface area contributed by atoms with Crippen LogP contribution in [0.15, 0.2) is 0 Å². The van der Waals surface area contributed by atoms with E-state index in [0.29, 0.717) is 13.1 Å². The van der Waals surface area contributed by atoms with E-state index in [9.17, 15) is 8.42 Å². The Hall–Kier alpha value is -0.130. The van der Waals surface area contributed by atoms with Gasteiger partial charge in [-0.1, -0.05) is 13.8 Å². The van der Waals surface area contributed by atoms with Gasteiger partial charge < -0.3 is 5.73 Å². The maximum atomic E-state index is 11.9. The predicted molar refractivity (Wildman–Crippen MR) is 57.4 cm³/mol. The maximum absolute atomic E-state index is 11.9. The molecule has 5 heteroatoms. The van der Waals surface area contributed by atoms with Crippen molar-refractivity contribution in [2.75, 3.05) is 18.8 Å². The summed E-state index contributed by atoms with van der Waals surface area (Å²) in [7, 11) is -3.07. The molecule has 4 nitrogen and oxygen atoms in total. The average Bonchev–Trinajstić information content (AvgIpc) is 2.79. The topological polar surface area (TPSA) is 63.4 Å². The highest BCUT2D eigenvalue weighted by molar-refractivity contribution is 7.89. The van der Waals surface area contributed by atoms with Crippen molar-refractivity contribution in [3.8, 4) is 0 Å². The third-order valence-electron chi connectivity index (χ3n) is 2.20. The molecule has 0 radical (unpaired) electrons. The van der Waals surface area contributed by atoms with Gasteiger partial charge in [-0.3, -0.25) is 0 Å². The minimum atomic E-state index is -3.07. The summed E-state index contributed by atoms with van der Waals surface area (Å²) in [4.78, 5) is 0. The van der Waals surface area contributed by atoms with Gasteiger partial charge in [0, 0.05) is 19.1 Å². The summed E-state index contributed by atoms with van der Waals surface area (Å²) in [6.07, 6.45) is 1.99. The van der Waals surface area contributed by atoms with Gasteiger partial charge >= 0.3 is 0 Å². The molecule has 84 valence electrons. The van der Waals surface area contributed by atoms with E-state index in [-0.39, 0.29) is 17.7 Å². The average molecular weight is 220 g/mol. The van der Waals surface area contributed by atoms with Gasteiger partial charge in [-0.05, 0) is 18.8 Å². The van der Waals surface area contributed by atoms with E-state index in [1.807, 2.05) is 13.8 Å². The highest BCUT2D eigenvalue weighted by atomic mass is 32.2. The van der Waals surface area contributed by atoms with Crippen molar-refractivity contribution in [2.45, 2.75) is 32.7 Å². The number of nitrogens with two attached hydrogens (primary N) is 1.